The molecule has 1 unspecified atom stereocenters. The number of nitrogens with one attached hydrogen (secondary N) is 1. The second kappa shape index (κ2) is 5.58. The van der Waals surface area contributed by atoms with Gasteiger partial charge in [-0.2, -0.15) is 11.8 Å². The third-order valence-corrected chi connectivity index (χ3v) is 2.84. The lowest BCUT2D eigenvalue weighted by molar-refractivity contribution is -0.121. The van der Waals surface area contributed by atoms with Crippen molar-refractivity contribution >= 4 is 17.7 Å². The molecule has 0 aromatic rings. The van der Waals surface area contributed by atoms with Gasteiger partial charge in [0.05, 0.1) is 6.61 Å². The molecule has 82 valence electrons. The first-order valence-electron chi connectivity index (χ1n) is 4.72. The lowest BCUT2D eigenvalue weighted by Crippen LogP contribution is -2.43. The molecule has 1 aliphatic heterocycles. The van der Waals surface area contributed by atoms with Crippen LogP contribution in [0.3, 0.4) is 0 Å². The smallest absolute Gasteiger partial charge is 0.220 e. The molecule has 1 aliphatic rings. The van der Waals surface area contributed by atoms with E-state index < -0.39 is 5.60 Å². The molecule has 1 atom stereocenters. The SMILES string of the molecule is CSCCC(=O)NCC1(O)CCOC1. The highest BCUT2D eigenvalue weighted by Crippen LogP contribution is 2.16. The highest BCUT2D eigenvalue weighted by molar-refractivity contribution is 7.98. The van der Waals surface area contributed by atoms with E-state index in [2.05, 4.69) is 5.32 Å². The number of carbonyl (C=O) groups is 1. The zero-order valence-electron chi connectivity index (χ0n) is 8.41. The topological polar surface area (TPSA) is 58.6 Å². The Kier molecular flexibility index (Phi) is 4.71. The molecule has 4 nitrogen and oxygen atoms in total. The standard InChI is InChI=1S/C9H17NO3S/c1-14-5-2-8(11)10-6-9(12)3-4-13-7-9/h12H,2-7H2,1H3,(H,10,11). The number of hydrogen-bond donors (Lipinski definition) is 2. The number of aliphatic hydroxyl groups is 1. The van der Waals surface area contributed by atoms with Crippen molar-refractivity contribution < 1.29 is 14.6 Å². The highest BCUT2D eigenvalue weighted by atomic mass is 32.2. The molecule has 14 heavy (non-hydrogen) atoms. The van der Waals surface area contributed by atoms with Crippen molar-refractivity contribution in [3.63, 3.8) is 0 Å². The molecule has 1 amide bonds. The van der Waals surface area contributed by atoms with Crippen LogP contribution in [0.1, 0.15) is 12.8 Å². The van der Waals surface area contributed by atoms with E-state index >= 15 is 0 Å². The number of hydrogen-bond acceptors (Lipinski definition) is 4. The van der Waals surface area contributed by atoms with Crippen LogP contribution in [0.2, 0.25) is 0 Å². The predicted octanol–water partition coefficient (Wildman–Crippen LogP) is 0.00710. The van der Waals surface area contributed by atoms with E-state index in [4.69, 9.17) is 4.74 Å². The molecule has 5 heteroatoms. The molecule has 0 aromatic heterocycles. The maximum Gasteiger partial charge on any atom is 0.220 e. The van der Waals surface area contributed by atoms with Gasteiger partial charge in [0.1, 0.15) is 5.60 Å². The molecule has 1 saturated heterocycles. The van der Waals surface area contributed by atoms with Gasteiger partial charge in [-0.25, -0.2) is 0 Å². The summed E-state index contributed by atoms with van der Waals surface area (Å²) in [7, 11) is 0. The second-order valence-corrected chi connectivity index (χ2v) is 4.53. The minimum absolute atomic E-state index is 0.000301. The van der Waals surface area contributed by atoms with Crippen LogP contribution in [0.25, 0.3) is 0 Å². The number of thioether (sulfide) groups is 1. The van der Waals surface area contributed by atoms with Crippen LogP contribution in [0.5, 0.6) is 0 Å². The Hall–Kier alpha value is -0.260. The van der Waals surface area contributed by atoms with E-state index in [0.29, 0.717) is 32.6 Å². The Labute approximate surface area is 88.4 Å². The summed E-state index contributed by atoms with van der Waals surface area (Å²) in [6, 6.07) is 0. The second-order valence-electron chi connectivity index (χ2n) is 3.55. The summed E-state index contributed by atoms with van der Waals surface area (Å²) in [4.78, 5) is 11.2. The zero-order chi connectivity index (χ0) is 10.4. The van der Waals surface area contributed by atoms with Gasteiger partial charge in [0.2, 0.25) is 5.91 Å². The van der Waals surface area contributed by atoms with Crippen molar-refractivity contribution in [2.45, 2.75) is 18.4 Å². The first-order valence-corrected chi connectivity index (χ1v) is 6.11. The third kappa shape index (κ3) is 3.86. The first-order chi connectivity index (χ1) is 6.66. The Morgan fingerprint density at radius 2 is 2.50 bits per heavy atom. The van der Waals surface area contributed by atoms with E-state index in [1.54, 1.807) is 11.8 Å². The zero-order valence-corrected chi connectivity index (χ0v) is 9.23. The van der Waals surface area contributed by atoms with E-state index in [0.717, 1.165) is 5.75 Å². The van der Waals surface area contributed by atoms with Gasteiger partial charge < -0.3 is 15.2 Å². The molecule has 0 radical (unpaired) electrons. The van der Waals surface area contributed by atoms with E-state index in [1.165, 1.54) is 0 Å². The van der Waals surface area contributed by atoms with Gasteiger partial charge in [-0.3, -0.25) is 4.79 Å². The van der Waals surface area contributed by atoms with Crippen LogP contribution < -0.4 is 5.32 Å². The minimum atomic E-state index is -0.838. The summed E-state index contributed by atoms with van der Waals surface area (Å²) in [6.07, 6.45) is 3.08. The van der Waals surface area contributed by atoms with Gasteiger partial charge >= 0.3 is 0 Å². The van der Waals surface area contributed by atoms with Gasteiger partial charge in [-0.15, -0.1) is 0 Å². The van der Waals surface area contributed by atoms with Crippen molar-refractivity contribution in [2.75, 3.05) is 31.8 Å². The van der Waals surface area contributed by atoms with Crippen molar-refractivity contribution in [2.24, 2.45) is 0 Å². The van der Waals surface area contributed by atoms with Crippen molar-refractivity contribution in [3.05, 3.63) is 0 Å². The monoisotopic (exact) mass is 219 g/mol. The fourth-order valence-corrected chi connectivity index (χ4v) is 1.67. The fraction of sp³-hybridized carbons (Fsp3) is 0.889. The highest BCUT2D eigenvalue weighted by Gasteiger charge is 2.32. The summed E-state index contributed by atoms with van der Waals surface area (Å²) in [6.45, 7) is 1.22. The van der Waals surface area contributed by atoms with E-state index in [9.17, 15) is 9.90 Å². The fourth-order valence-electron chi connectivity index (χ4n) is 1.28. The first kappa shape index (κ1) is 11.8. The van der Waals surface area contributed by atoms with Crippen LogP contribution in [0.4, 0.5) is 0 Å². The van der Waals surface area contributed by atoms with Gasteiger partial charge in [0, 0.05) is 31.7 Å². The summed E-state index contributed by atoms with van der Waals surface area (Å²) < 4.78 is 5.07. The average molecular weight is 219 g/mol. The molecule has 0 aliphatic carbocycles. The summed E-state index contributed by atoms with van der Waals surface area (Å²) >= 11 is 1.64. The molecule has 0 aromatic carbocycles. The van der Waals surface area contributed by atoms with Gasteiger partial charge in [0.25, 0.3) is 0 Å². The summed E-state index contributed by atoms with van der Waals surface area (Å²) in [5, 5.41) is 12.5. The quantitative estimate of drug-likeness (QED) is 0.684. The number of amides is 1. The van der Waals surface area contributed by atoms with Crippen LogP contribution in [0.15, 0.2) is 0 Å². The minimum Gasteiger partial charge on any atom is -0.386 e. The number of carbonyl (C=O) groups excluding carboxylic acids is 1. The van der Waals surface area contributed by atoms with E-state index in [1.807, 2.05) is 6.26 Å². The van der Waals surface area contributed by atoms with Crippen molar-refractivity contribution in [1.29, 1.82) is 0 Å². The summed E-state index contributed by atoms with van der Waals surface area (Å²) in [5.74, 6) is 0.820. The van der Waals surface area contributed by atoms with Gasteiger partial charge in [-0.1, -0.05) is 0 Å². The molecular weight excluding hydrogens is 202 g/mol. The predicted molar refractivity (Wildman–Crippen MR) is 56.4 cm³/mol. The van der Waals surface area contributed by atoms with Crippen LogP contribution in [-0.4, -0.2) is 48.4 Å². The van der Waals surface area contributed by atoms with Crippen LogP contribution in [-0.2, 0) is 9.53 Å². The number of ether oxygens (including phenoxy) is 1. The van der Waals surface area contributed by atoms with Crippen molar-refractivity contribution in [1.82, 2.24) is 5.32 Å². The average Bonchev–Trinajstić information content (AvgIpc) is 2.60. The molecule has 1 fully saturated rings. The van der Waals surface area contributed by atoms with Gasteiger partial charge in [-0.05, 0) is 6.26 Å². The third-order valence-electron chi connectivity index (χ3n) is 2.23. The molecule has 1 rings (SSSR count). The number of rotatable bonds is 5. The summed E-state index contributed by atoms with van der Waals surface area (Å²) in [5.41, 5.74) is -0.838. The van der Waals surface area contributed by atoms with Crippen LogP contribution >= 0.6 is 11.8 Å². The lowest BCUT2D eigenvalue weighted by atomic mass is 10.0. The maximum atomic E-state index is 11.2. The van der Waals surface area contributed by atoms with Gasteiger partial charge in [0.15, 0.2) is 0 Å². The normalized spacial score (nSPS) is 26.4. The molecule has 0 bridgehead atoms. The van der Waals surface area contributed by atoms with Crippen LogP contribution in [0, 0.1) is 0 Å². The van der Waals surface area contributed by atoms with Crippen molar-refractivity contribution in [3.8, 4) is 0 Å². The molecule has 2 N–H and O–H groups in total. The Morgan fingerprint density at radius 1 is 1.71 bits per heavy atom. The maximum absolute atomic E-state index is 11.2. The van der Waals surface area contributed by atoms with E-state index in [-0.39, 0.29) is 5.91 Å². The largest absolute Gasteiger partial charge is 0.386 e. The molecule has 0 saturated carbocycles. The molecule has 1 heterocycles. The Bertz CT molecular complexity index is 192. The lowest BCUT2D eigenvalue weighted by Gasteiger charge is -2.20. The Balaban J connectivity index is 2.15. The molecular formula is C9H17NO3S. The Morgan fingerprint density at radius 3 is 3.07 bits per heavy atom. The molecule has 0 spiro atoms.